The predicted octanol–water partition coefficient (Wildman–Crippen LogP) is 3.64. The van der Waals surface area contributed by atoms with Crippen molar-refractivity contribution in [3.63, 3.8) is 0 Å². The Labute approximate surface area is 125 Å². The Morgan fingerprint density at radius 3 is 1.41 bits per heavy atom. The lowest BCUT2D eigenvalue weighted by atomic mass is 9.86. The summed E-state index contributed by atoms with van der Waals surface area (Å²) in [7, 11) is 0. The first-order valence-corrected chi connectivity index (χ1v) is 6.76. The lowest BCUT2D eigenvalue weighted by Crippen LogP contribution is -2.15. The van der Waals surface area contributed by atoms with E-state index in [-0.39, 0.29) is 45.9 Å². The van der Waals surface area contributed by atoms with Crippen molar-refractivity contribution >= 4 is 22.7 Å². The average Bonchev–Trinajstić information content (AvgIpc) is 2.45. The first-order valence-electron chi connectivity index (χ1n) is 6.76. The Morgan fingerprint density at radius 2 is 1.18 bits per heavy atom. The zero-order valence-electron chi connectivity index (χ0n) is 12.0. The minimum atomic E-state index is -1.39. The summed E-state index contributed by atoms with van der Waals surface area (Å²) in [4.78, 5) is 23.1. The molecule has 0 saturated carbocycles. The number of hydrogen-bond acceptors (Lipinski definition) is 2. The van der Waals surface area contributed by atoms with E-state index >= 15 is 0 Å². The van der Waals surface area contributed by atoms with Gasteiger partial charge in [-0.25, -0.2) is 18.4 Å². The molecule has 2 rings (SSSR count). The van der Waals surface area contributed by atoms with Crippen LogP contribution in [0.15, 0.2) is 12.1 Å². The summed E-state index contributed by atoms with van der Waals surface area (Å²) < 4.78 is 27.1. The molecular weight excluding hydrogens is 294 g/mol. The molecule has 0 fully saturated rings. The van der Waals surface area contributed by atoms with Crippen LogP contribution in [-0.4, -0.2) is 22.2 Å². The SMILES string of the molecule is CCc1c(C(=O)O)c(C(=O)O)c(CC)c2cc(F)c(F)cc12. The molecule has 4 nitrogen and oxygen atoms in total. The Morgan fingerprint density at radius 1 is 0.864 bits per heavy atom. The van der Waals surface area contributed by atoms with Gasteiger partial charge in [-0.15, -0.1) is 0 Å². The number of carbonyl (C=O) groups is 2. The maximum absolute atomic E-state index is 13.6. The summed E-state index contributed by atoms with van der Waals surface area (Å²) in [5.41, 5.74) is -0.331. The Hall–Kier alpha value is -2.50. The van der Waals surface area contributed by atoms with Crippen LogP contribution in [0.1, 0.15) is 45.7 Å². The molecule has 0 radical (unpaired) electrons. The normalized spacial score (nSPS) is 10.9. The fraction of sp³-hybridized carbons (Fsp3) is 0.250. The lowest BCUT2D eigenvalue weighted by molar-refractivity contribution is 0.0650. The van der Waals surface area contributed by atoms with Crippen LogP contribution in [0, 0.1) is 11.6 Å². The van der Waals surface area contributed by atoms with Gasteiger partial charge in [0.15, 0.2) is 11.6 Å². The van der Waals surface area contributed by atoms with Gasteiger partial charge in [0, 0.05) is 0 Å². The largest absolute Gasteiger partial charge is 0.478 e. The van der Waals surface area contributed by atoms with Crippen LogP contribution < -0.4 is 0 Å². The fourth-order valence-corrected chi connectivity index (χ4v) is 2.82. The molecule has 0 amide bonds. The highest BCUT2D eigenvalue weighted by Gasteiger charge is 2.27. The molecule has 0 atom stereocenters. The van der Waals surface area contributed by atoms with Crippen molar-refractivity contribution in [3.8, 4) is 0 Å². The molecule has 2 aromatic rings. The summed E-state index contributed by atoms with van der Waals surface area (Å²) >= 11 is 0. The average molecular weight is 308 g/mol. The van der Waals surface area contributed by atoms with Crippen LogP contribution in [0.4, 0.5) is 8.78 Å². The molecule has 116 valence electrons. The molecule has 6 heteroatoms. The monoisotopic (exact) mass is 308 g/mol. The van der Waals surface area contributed by atoms with Crippen molar-refractivity contribution in [2.75, 3.05) is 0 Å². The van der Waals surface area contributed by atoms with Crippen molar-refractivity contribution in [3.05, 3.63) is 46.0 Å². The quantitative estimate of drug-likeness (QED) is 0.904. The molecular formula is C16H14F2O4. The number of fused-ring (bicyclic) bond motifs is 1. The van der Waals surface area contributed by atoms with E-state index in [1.54, 1.807) is 13.8 Å². The second kappa shape index (κ2) is 5.71. The van der Waals surface area contributed by atoms with Crippen molar-refractivity contribution in [2.24, 2.45) is 0 Å². The molecule has 2 N–H and O–H groups in total. The summed E-state index contributed by atoms with van der Waals surface area (Å²) in [5.74, 6) is -4.97. The van der Waals surface area contributed by atoms with Gasteiger partial charge in [-0.3, -0.25) is 0 Å². The zero-order chi connectivity index (χ0) is 16.6. The highest BCUT2D eigenvalue weighted by Crippen LogP contribution is 2.33. The first-order chi connectivity index (χ1) is 10.3. The van der Waals surface area contributed by atoms with E-state index in [0.29, 0.717) is 0 Å². The fourth-order valence-electron chi connectivity index (χ4n) is 2.82. The van der Waals surface area contributed by atoms with Gasteiger partial charge in [0.25, 0.3) is 0 Å². The molecule has 0 heterocycles. The van der Waals surface area contributed by atoms with Crippen molar-refractivity contribution in [2.45, 2.75) is 26.7 Å². The molecule has 0 aliphatic carbocycles. The second-order valence-corrected chi connectivity index (χ2v) is 4.84. The first kappa shape index (κ1) is 15.9. The van der Waals surface area contributed by atoms with E-state index in [4.69, 9.17) is 0 Å². The van der Waals surface area contributed by atoms with Crippen LogP contribution in [0.3, 0.4) is 0 Å². The van der Waals surface area contributed by atoms with Crippen molar-refractivity contribution in [1.82, 2.24) is 0 Å². The van der Waals surface area contributed by atoms with Crippen LogP contribution in [0.25, 0.3) is 10.8 Å². The third-order valence-electron chi connectivity index (χ3n) is 3.70. The van der Waals surface area contributed by atoms with Crippen LogP contribution in [-0.2, 0) is 12.8 Å². The molecule has 2 aromatic carbocycles. The van der Waals surface area contributed by atoms with Gasteiger partial charge >= 0.3 is 11.9 Å². The Kier molecular flexibility index (Phi) is 4.12. The smallest absolute Gasteiger partial charge is 0.336 e. The van der Waals surface area contributed by atoms with Gasteiger partial charge in [0.1, 0.15) is 0 Å². The highest BCUT2D eigenvalue weighted by atomic mass is 19.2. The lowest BCUT2D eigenvalue weighted by Gasteiger charge is -2.17. The van der Waals surface area contributed by atoms with Gasteiger partial charge in [0.05, 0.1) is 11.1 Å². The number of aryl methyl sites for hydroxylation is 2. The zero-order valence-corrected chi connectivity index (χ0v) is 12.0. The van der Waals surface area contributed by atoms with Crippen molar-refractivity contribution in [1.29, 1.82) is 0 Å². The van der Waals surface area contributed by atoms with E-state index in [1.165, 1.54) is 0 Å². The Balaban J connectivity index is 3.15. The number of rotatable bonds is 4. The standard InChI is InChI=1S/C16H14F2O4/c1-3-7-9-5-11(17)12(18)6-10(9)8(4-2)14(16(21)22)13(7)15(19)20/h5-6H,3-4H2,1-2H3,(H,19,20)(H,21,22). The van der Waals surface area contributed by atoms with E-state index < -0.39 is 23.6 Å². The van der Waals surface area contributed by atoms with Gasteiger partial charge in [-0.2, -0.15) is 0 Å². The molecule has 0 aliphatic rings. The van der Waals surface area contributed by atoms with Gasteiger partial charge in [-0.05, 0) is 46.9 Å². The maximum atomic E-state index is 13.6. The second-order valence-electron chi connectivity index (χ2n) is 4.84. The van der Waals surface area contributed by atoms with Gasteiger partial charge in [-0.1, -0.05) is 13.8 Å². The third kappa shape index (κ3) is 2.30. The maximum Gasteiger partial charge on any atom is 0.336 e. The molecule has 0 bridgehead atoms. The highest BCUT2D eigenvalue weighted by molar-refractivity contribution is 6.10. The molecule has 0 spiro atoms. The third-order valence-corrected chi connectivity index (χ3v) is 3.70. The minimum absolute atomic E-state index is 0.188. The molecule has 22 heavy (non-hydrogen) atoms. The number of aromatic carboxylic acids is 2. The van der Waals surface area contributed by atoms with E-state index in [1.807, 2.05) is 0 Å². The molecule has 0 unspecified atom stereocenters. The summed E-state index contributed by atoms with van der Waals surface area (Å²) in [6.07, 6.45) is 0.376. The Bertz CT molecular complexity index is 730. The summed E-state index contributed by atoms with van der Waals surface area (Å²) in [6, 6.07) is 1.86. The van der Waals surface area contributed by atoms with Crippen LogP contribution in [0.5, 0.6) is 0 Å². The van der Waals surface area contributed by atoms with Crippen LogP contribution in [0.2, 0.25) is 0 Å². The van der Waals surface area contributed by atoms with Crippen LogP contribution >= 0.6 is 0 Å². The summed E-state index contributed by atoms with van der Waals surface area (Å²) in [6.45, 7) is 3.28. The van der Waals surface area contributed by atoms with E-state index in [0.717, 1.165) is 12.1 Å². The molecule has 0 saturated heterocycles. The predicted molar refractivity (Wildman–Crippen MR) is 76.5 cm³/mol. The van der Waals surface area contributed by atoms with Gasteiger partial charge < -0.3 is 10.2 Å². The minimum Gasteiger partial charge on any atom is -0.478 e. The molecule has 0 aliphatic heterocycles. The molecule has 0 aromatic heterocycles. The van der Waals surface area contributed by atoms with Crippen molar-refractivity contribution < 1.29 is 28.6 Å². The number of carboxylic acid groups (broad SMARTS) is 2. The van der Waals surface area contributed by atoms with Gasteiger partial charge in [0.2, 0.25) is 0 Å². The number of carboxylic acids is 2. The van der Waals surface area contributed by atoms with E-state index in [9.17, 15) is 28.6 Å². The number of hydrogen-bond donors (Lipinski definition) is 2. The number of benzene rings is 2. The summed E-state index contributed by atoms with van der Waals surface area (Å²) in [5, 5.41) is 19.3. The van der Waals surface area contributed by atoms with E-state index in [2.05, 4.69) is 0 Å². The topological polar surface area (TPSA) is 74.6 Å². The number of halogens is 2.